The van der Waals surface area contributed by atoms with E-state index in [1.165, 1.54) is 24.4 Å². The van der Waals surface area contributed by atoms with Gasteiger partial charge in [-0.05, 0) is 37.3 Å². The second-order valence-corrected chi connectivity index (χ2v) is 6.56. The molecular weight excluding hydrogens is 385 g/mol. The van der Waals surface area contributed by atoms with Crippen molar-refractivity contribution in [2.75, 3.05) is 0 Å². The first kappa shape index (κ1) is 18.8. The molecule has 0 spiro atoms. The number of carbonyl (C=O) groups excluding carboxylic acids is 1. The Labute approximate surface area is 165 Å². The van der Waals surface area contributed by atoms with Crippen LogP contribution in [0, 0.1) is 11.3 Å². The lowest BCUT2D eigenvalue weighted by Gasteiger charge is -2.16. The van der Waals surface area contributed by atoms with E-state index in [9.17, 15) is 4.79 Å². The van der Waals surface area contributed by atoms with Gasteiger partial charge >= 0.3 is 0 Å². The van der Waals surface area contributed by atoms with Gasteiger partial charge in [0.25, 0.3) is 5.91 Å². The van der Waals surface area contributed by atoms with Crippen LogP contribution in [-0.4, -0.2) is 20.9 Å². The second kappa shape index (κ2) is 8.12. The minimum Gasteiger partial charge on any atom is -0.344 e. The van der Waals surface area contributed by atoms with E-state index >= 15 is 0 Å². The molecule has 27 heavy (non-hydrogen) atoms. The molecule has 2 aromatic heterocycles. The molecule has 1 unspecified atom stereocenters. The van der Waals surface area contributed by atoms with E-state index in [2.05, 4.69) is 20.3 Å². The number of rotatable bonds is 4. The van der Waals surface area contributed by atoms with Crippen molar-refractivity contribution >= 4 is 29.1 Å². The Morgan fingerprint density at radius 1 is 1.11 bits per heavy atom. The van der Waals surface area contributed by atoms with Crippen molar-refractivity contribution in [3.8, 4) is 17.5 Å². The Kier molecular flexibility index (Phi) is 5.65. The molecule has 1 N–H and O–H groups in total. The lowest BCUT2D eigenvalue weighted by Crippen LogP contribution is -2.28. The van der Waals surface area contributed by atoms with Crippen LogP contribution >= 0.6 is 23.2 Å². The number of hydrogen-bond acceptors (Lipinski definition) is 5. The molecule has 0 aliphatic heterocycles. The zero-order valence-electron chi connectivity index (χ0n) is 14.1. The molecule has 0 bridgehead atoms. The van der Waals surface area contributed by atoms with Crippen molar-refractivity contribution in [3.05, 3.63) is 75.8 Å². The summed E-state index contributed by atoms with van der Waals surface area (Å²) in [5, 5.41) is 12.7. The van der Waals surface area contributed by atoms with Crippen molar-refractivity contribution in [1.29, 1.82) is 5.26 Å². The molecule has 3 aromatic rings. The third kappa shape index (κ3) is 4.40. The summed E-state index contributed by atoms with van der Waals surface area (Å²) >= 11 is 11.9. The first-order valence-electron chi connectivity index (χ1n) is 7.92. The number of hydrogen-bond donors (Lipinski definition) is 1. The van der Waals surface area contributed by atoms with Gasteiger partial charge in [-0.1, -0.05) is 23.2 Å². The van der Waals surface area contributed by atoms with E-state index in [-0.39, 0.29) is 5.91 Å². The summed E-state index contributed by atoms with van der Waals surface area (Å²) in [6, 6.07) is 9.44. The van der Waals surface area contributed by atoms with Gasteiger partial charge in [0.15, 0.2) is 0 Å². The van der Waals surface area contributed by atoms with Crippen LogP contribution in [0.15, 0.2) is 48.9 Å². The van der Waals surface area contributed by atoms with Crippen molar-refractivity contribution in [2.45, 2.75) is 13.0 Å². The second-order valence-electron chi connectivity index (χ2n) is 5.69. The molecule has 3 rings (SSSR count). The molecular formula is C19H13Cl2N5O. The first-order chi connectivity index (χ1) is 13.0. The summed E-state index contributed by atoms with van der Waals surface area (Å²) in [6.07, 6.45) is 4.62. The normalized spacial score (nSPS) is 11.5. The molecule has 0 radical (unpaired) electrons. The molecule has 0 aliphatic rings. The Morgan fingerprint density at radius 3 is 2.59 bits per heavy atom. The molecule has 2 heterocycles. The fraction of sp³-hybridized carbons (Fsp3) is 0.105. The average Bonchev–Trinajstić information content (AvgIpc) is 2.68. The summed E-state index contributed by atoms with van der Waals surface area (Å²) in [7, 11) is 0. The molecule has 134 valence electrons. The minimum absolute atomic E-state index is 0.293. The van der Waals surface area contributed by atoms with Crippen LogP contribution in [0.1, 0.15) is 34.6 Å². The number of carbonyl (C=O) groups is 1. The van der Waals surface area contributed by atoms with Gasteiger partial charge in [0.1, 0.15) is 5.69 Å². The van der Waals surface area contributed by atoms with E-state index in [4.69, 9.17) is 28.5 Å². The summed E-state index contributed by atoms with van der Waals surface area (Å²) in [5.74, 6) is -0.373. The Bertz CT molecular complexity index is 1030. The van der Waals surface area contributed by atoms with Crippen molar-refractivity contribution in [3.63, 3.8) is 0 Å². The van der Waals surface area contributed by atoms with Gasteiger partial charge in [-0.3, -0.25) is 19.7 Å². The Balaban J connectivity index is 1.88. The highest BCUT2D eigenvalue weighted by Gasteiger charge is 2.19. The van der Waals surface area contributed by atoms with Gasteiger partial charge in [-0.25, -0.2) is 0 Å². The molecule has 0 saturated heterocycles. The zero-order valence-corrected chi connectivity index (χ0v) is 15.7. The van der Waals surface area contributed by atoms with E-state index < -0.39 is 6.04 Å². The third-order valence-electron chi connectivity index (χ3n) is 3.74. The smallest absolute Gasteiger partial charge is 0.251 e. The van der Waals surface area contributed by atoms with Crippen LogP contribution in [0.2, 0.25) is 10.0 Å². The first-order valence-corrected chi connectivity index (χ1v) is 8.68. The van der Waals surface area contributed by atoms with Crippen LogP contribution in [0.5, 0.6) is 0 Å². The van der Waals surface area contributed by atoms with Gasteiger partial charge in [0, 0.05) is 29.2 Å². The number of benzene rings is 1. The topological polar surface area (TPSA) is 91.6 Å². The summed E-state index contributed by atoms with van der Waals surface area (Å²) in [4.78, 5) is 25.5. The quantitative estimate of drug-likeness (QED) is 0.711. The highest BCUT2D eigenvalue weighted by Crippen LogP contribution is 2.24. The highest BCUT2D eigenvalue weighted by molar-refractivity contribution is 6.31. The molecule has 1 amide bonds. The zero-order chi connectivity index (χ0) is 19.4. The lowest BCUT2D eigenvalue weighted by atomic mass is 10.1. The van der Waals surface area contributed by atoms with Gasteiger partial charge in [0.2, 0.25) is 0 Å². The van der Waals surface area contributed by atoms with E-state index in [0.717, 1.165) is 0 Å². The Hall–Kier alpha value is -3.01. The van der Waals surface area contributed by atoms with Gasteiger partial charge in [0.05, 0.1) is 34.1 Å². The van der Waals surface area contributed by atoms with Crippen molar-refractivity contribution < 1.29 is 4.79 Å². The SMILES string of the molecule is CC(NC(=O)c1cc(Cl)cc(C#N)c1)c1nccnc1-c1ccc(Cl)cn1. The molecule has 1 aromatic carbocycles. The largest absolute Gasteiger partial charge is 0.344 e. The fourth-order valence-corrected chi connectivity index (χ4v) is 2.86. The number of pyridine rings is 1. The van der Waals surface area contributed by atoms with Crippen molar-refractivity contribution in [2.24, 2.45) is 0 Å². The molecule has 1 atom stereocenters. The molecule has 0 aliphatic carbocycles. The summed E-state index contributed by atoms with van der Waals surface area (Å²) in [5.41, 5.74) is 2.30. The molecule has 6 nitrogen and oxygen atoms in total. The maximum atomic E-state index is 12.6. The molecule has 0 fully saturated rings. The predicted octanol–water partition coefficient (Wildman–Crippen LogP) is 4.21. The van der Waals surface area contributed by atoms with Gasteiger partial charge < -0.3 is 5.32 Å². The number of nitrogens with zero attached hydrogens (tertiary/aromatic N) is 4. The van der Waals surface area contributed by atoms with E-state index in [1.807, 2.05) is 6.07 Å². The van der Waals surface area contributed by atoms with Crippen molar-refractivity contribution in [1.82, 2.24) is 20.3 Å². The maximum absolute atomic E-state index is 12.6. The van der Waals surface area contributed by atoms with E-state index in [1.54, 1.807) is 31.5 Å². The number of nitriles is 1. The number of nitrogens with one attached hydrogen (secondary N) is 1. The Morgan fingerprint density at radius 2 is 1.89 bits per heavy atom. The summed E-state index contributed by atoms with van der Waals surface area (Å²) in [6.45, 7) is 1.79. The van der Waals surface area contributed by atoms with Crippen LogP contribution in [0.25, 0.3) is 11.4 Å². The van der Waals surface area contributed by atoms with Gasteiger partial charge in [-0.2, -0.15) is 5.26 Å². The minimum atomic E-state index is -0.455. The monoisotopic (exact) mass is 397 g/mol. The highest BCUT2D eigenvalue weighted by atomic mass is 35.5. The standard InChI is InChI=1S/C19H13Cl2N5O/c1-11(26-19(27)13-6-12(9-22)7-15(21)8-13)17-18(24-5-4-23-17)16-3-2-14(20)10-25-16/h2-8,10-11H,1H3,(H,26,27). The van der Waals surface area contributed by atoms with Crippen LogP contribution < -0.4 is 5.32 Å². The number of amides is 1. The molecule has 8 heteroatoms. The maximum Gasteiger partial charge on any atom is 0.251 e. The molecule has 0 saturated carbocycles. The number of aromatic nitrogens is 3. The summed E-state index contributed by atoms with van der Waals surface area (Å²) < 4.78 is 0. The van der Waals surface area contributed by atoms with Crippen LogP contribution in [0.3, 0.4) is 0 Å². The number of halogens is 2. The lowest BCUT2D eigenvalue weighted by molar-refractivity contribution is 0.0939. The predicted molar refractivity (Wildman–Crippen MR) is 102 cm³/mol. The van der Waals surface area contributed by atoms with Crippen LogP contribution in [-0.2, 0) is 0 Å². The fourth-order valence-electron chi connectivity index (χ4n) is 2.51. The van der Waals surface area contributed by atoms with Crippen LogP contribution in [0.4, 0.5) is 0 Å². The van der Waals surface area contributed by atoms with E-state index in [0.29, 0.717) is 38.3 Å². The average molecular weight is 398 g/mol. The third-order valence-corrected chi connectivity index (χ3v) is 4.19. The van der Waals surface area contributed by atoms with Gasteiger partial charge in [-0.15, -0.1) is 0 Å².